The molecular weight excluding hydrogens is 396 g/mol. The second-order valence-corrected chi connectivity index (χ2v) is 7.79. The van der Waals surface area contributed by atoms with E-state index >= 15 is 0 Å². The maximum atomic E-state index is 13.7. The Balaban J connectivity index is 1.41. The molecular formula is C18H14ClF2N3O2S. The Labute approximate surface area is 162 Å². The number of hydrogen-bond acceptors (Lipinski definition) is 4. The molecule has 1 unspecified atom stereocenters. The number of amides is 1. The Hall–Kier alpha value is -2.45. The van der Waals surface area contributed by atoms with Crippen molar-refractivity contribution in [1.82, 2.24) is 15.1 Å². The van der Waals surface area contributed by atoms with E-state index in [-0.39, 0.29) is 24.3 Å². The third-order valence-electron chi connectivity index (χ3n) is 4.12. The Morgan fingerprint density at radius 1 is 1.41 bits per heavy atom. The van der Waals surface area contributed by atoms with Crippen LogP contribution in [0.2, 0.25) is 5.02 Å². The molecule has 1 N–H and O–H groups in total. The molecule has 140 valence electrons. The van der Waals surface area contributed by atoms with Gasteiger partial charge in [-0.15, -0.1) is 11.3 Å². The maximum Gasteiger partial charge on any atom is 0.261 e. The van der Waals surface area contributed by atoms with Gasteiger partial charge in [0.1, 0.15) is 12.4 Å². The van der Waals surface area contributed by atoms with Crippen LogP contribution in [-0.2, 0) is 13.0 Å². The molecule has 0 radical (unpaired) electrons. The van der Waals surface area contributed by atoms with Crippen molar-refractivity contribution in [3.05, 3.63) is 68.6 Å². The van der Waals surface area contributed by atoms with Crippen LogP contribution in [0.5, 0.6) is 5.75 Å². The van der Waals surface area contributed by atoms with Gasteiger partial charge in [-0.3, -0.25) is 9.48 Å². The van der Waals surface area contributed by atoms with Crippen LogP contribution in [0.3, 0.4) is 0 Å². The fourth-order valence-corrected chi connectivity index (χ4v) is 4.01. The first kappa shape index (κ1) is 17.9. The molecule has 4 rings (SSSR count). The lowest BCUT2D eigenvalue weighted by Crippen LogP contribution is -2.42. The van der Waals surface area contributed by atoms with Crippen molar-refractivity contribution < 1.29 is 18.3 Å². The number of aromatic nitrogens is 2. The molecule has 0 aliphatic carbocycles. The van der Waals surface area contributed by atoms with E-state index in [1.54, 1.807) is 23.1 Å². The molecule has 0 saturated carbocycles. The first-order valence-electron chi connectivity index (χ1n) is 8.16. The molecule has 27 heavy (non-hydrogen) atoms. The summed E-state index contributed by atoms with van der Waals surface area (Å²) in [6.07, 6.45) is 3.56. The van der Waals surface area contributed by atoms with Crippen molar-refractivity contribution in [1.29, 1.82) is 0 Å². The number of fused-ring (bicyclic) bond motifs is 1. The molecule has 5 nitrogen and oxygen atoms in total. The zero-order valence-corrected chi connectivity index (χ0v) is 15.5. The summed E-state index contributed by atoms with van der Waals surface area (Å²) in [4.78, 5) is 14.0. The Morgan fingerprint density at radius 2 is 2.26 bits per heavy atom. The summed E-state index contributed by atoms with van der Waals surface area (Å²) in [7, 11) is 0. The van der Waals surface area contributed by atoms with Gasteiger partial charge < -0.3 is 10.1 Å². The lowest BCUT2D eigenvalue weighted by molar-refractivity contribution is 0.0918. The zero-order chi connectivity index (χ0) is 19.0. The number of hydrogen-bond donors (Lipinski definition) is 1. The third-order valence-corrected chi connectivity index (χ3v) is 5.38. The monoisotopic (exact) mass is 409 g/mol. The van der Waals surface area contributed by atoms with Gasteiger partial charge >= 0.3 is 0 Å². The number of carbonyl (C=O) groups excluding carboxylic acids is 1. The zero-order valence-electron chi connectivity index (χ0n) is 13.9. The number of nitrogens with zero attached hydrogens (tertiary/aromatic N) is 2. The topological polar surface area (TPSA) is 56.1 Å². The largest absolute Gasteiger partial charge is 0.488 e. The second kappa shape index (κ2) is 7.28. The standard InChI is InChI=1S/C18H14ClF2N3O2S/c19-11-6-22-24(7-11)8-14-1-2-16(27-14)18(25)23-13-4-10-3-12(20)5-15(21)17(10)26-9-13/h1-3,5-7,13H,4,8-9H2,(H,23,25). The molecule has 1 aliphatic rings. The van der Waals surface area contributed by atoms with Gasteiger partial charge in [0, 0.05) is 22.7 Å². The lowest BCUT2D eigenvalue weighted by Gasteiger charge is -2.26. The summed E-state index contributed by atoms with van der Waals surface area (Å²) in [5.74, 6) is -1.59. The first-order chi connectivity index (χ1) is 13.0. The van der Waals surface area contributed by atoms with Gasteiger partial charge in [-0.05, 0) is 24.6 Å². The highest BCUT2D eigenvalue weighted by atomic mass is 35.5. The van der Waals surface area contributed by atoms with Crippen molar-refractivity contribution >= 4 is 28.8 Å². The van der Waals surface area contributed by atoms with E-state index in [9.17, 15) is 13.6 Å². The summed E-state index contributed by atoms with van der Waals surface area (Å²) in [5.41, 5.74) is 0.409. The Kier molecular flexibility index (Phi) is 4.84. The summed E-state index contributed by atoms with van der Waals surface area (Å²) in [6.45, 7) is 0.647. The van der Waals surface area contributed by atoms with Crippen LogP contribution in [0.15, 0.2) is 36.7 Å². The van der Waals surface area contributed by atoms with Crippen molar-refractivity contribution in [2.24, 2.45) is 0 Å². The van der Waals surface area contributed by atoms with Crippen LogP contribution in [0.25, 0.3) is 0 Å². The van der Waals surface area contributed by atoms with Gasteiger partial charge in [-0.1, -0.05) is 11.6 Å². The lowest BCUT2D eigenvalue weighted by atomic mass is 10.0. The smallest absolute Gasteiger partial charge is 0.261 e. The summed E-state index contributed by atoms with van der Waals surface area (Å²) in [5, 5.41) is 7.51. The van der Waals surface area contributed by atoms with Crippen LogP contribution in [0, 0.1) is 11.6 Å². The number of benzene rings is 1. The van der Waals surface area contributed by atoms with Gasteiger partial charge in [0.25, 0.3) is 5.91 Å². The average Bonchev–Trinajstić information content (AvgIpc) is 3.24. The highest BCUT2D eigenvalue weighted by Gasteiger charge is 2.25. The van der Waals surface area contributed by atoms with E-state index in [1.807, 2.05) is 6.07 Å². The first-order valence-corrected chi connectivity index (χ1v) is 9.35. The SMILES string of the molecule is O=C(NC1COc2c(F)cc(F)cc2C1)c1ccc(Cn2cc(Cl)cn2)s1. The summed E-state index contributed by atoms with van der Waals surface area (Å²) < 4.78 is 34.2. The minimum absolute atomic E-state index is 0.0539. The van der Waals surface area contributed by atoms with E-state index in [4.69, 9.17) is 16.3 Å². The van der Waals surface area contributed by atoms with E-state index in [1.165, 1.54) is 17.4 Å². The average molecular weight is 410 g/mol. The number of halogens is 3. The van der Waals surface area contributed by atoms with Gasteiger partial charge in [-0.25, -0.2) is 8.78 Å². The number of thiophene rings is 1. The molecule has 0 fully saturated rings. The highest BCUT2D eigenvalue weighted by Crippen LogP contribution is 2.29. The van der Waals surface area contributed by atoms with Crippen LogP contribution in [0.1, 0.15) is 20.1 Å². The van der Waals surface area contributed by atoms with E-state index < -0.39 is 11.6 Å². The molecule has 0 bridgehead atoms. The highest BCUT2D eigenvalue weighted by molar-refractivity contribution is 7.14. The molecule has 2 aromatic heterocycles. The molecule has 1 atom stereocenters. The number of nitrogens with one attached hydrogen (secondary N) is 1. The van der Waals surface area contributed by atoms with Crippen molar-refractivity contribution in [3.63, 3.8) is 0 Å². The normalized spacial score (nSPS) is 15.9. The fraction of sp³-hybridized carbons (Fsp3) is 0.222. The van der Waals surface area contributed by atoms with Gasteiger partial charge in [0.2, 0.25) is 0 Å². The Morgan fingerprint density at radius 3 is 3.04 bits per heavy atom. The number of rotatable bonds is 4. The van der Waals surface area contributed by atoms with E-state index in [2.05, 4.69) is 10.4 Å². The molecule has 3 aromatic rings. The number of ether oxygens (including phenoxy) is 1. The fourth-order valence-electron chi connectivity index (χ4n) is 2.95. The van der Waals surface area contributed by atoms with Gasteiger partial charge in [0.05, 0.1) is 28.7 Å². The Bertz CT molecular complexity index is 1000. The van der Waals surface area contributed by atoms with E-state index in [0.29, 0.717) is 28.4 Å². The number of carbonyl (C=O) groups is 1. The van der Waals surface area contributed by atoms with Crippen LogP contribution in [0.4, 0.5) is 8.78 Å². The molecule has 0 spiro atoms. The summed E-state index contributed by atoms with van der Waals surface area (Å²) >= 11 is 7.19. The molecule has 1 aliphatic heterocycles. The predicted molar refractivity (Wildman–Crippen MR) is 97.5 cm³/mol. The van der Waals surface area contributed by atoms with E-state index in [0.717, 1.165) is 10.9 Å². The quantitative estimate of drug-likeness (QED) is 0.715. The van der Waals surface area contributed by atoms with Crippen LogP contribution in [-0.4, -0.2) is 28.3 Å². The minimum atomic E-state index is -0.726. The van der Waals surface area contributed by atoms with Crippen LogP contribution >= 0.6 is 22.9 Å². The summed E-state index contributed by atoms with van der Waals surface area (Å²) in [6, 6.07) is 5.25. The molecule has 9 heteroatoms. The molecule has 3 heterocycles. The third kappa shape index (κ3) is 3.96. The van der Waals surface area contributed by atoms with Gasteiger partial charge in [-0.2, -0.15) is 5.10 Å². The maximum absolute atomic E-state index is 13.7. The minimum Gasteiger partial charge on any atom is -0.488 e. The molecule has 1 aromatic carbocycles. The van der Waals surface area contributed by atoms with Crippen molar-refractivity contribution in [2.75, 3.05) is 6.61 Å². The molecule has 0 saturated heterocycles. The predicted octanol–water partition coefficient (Wildman–Crippen LogP) is 3.66. The van der Waals surface area contributed by atoms with Gasteiger partial charge in [0.15, 0.2) is 11.6 Å². The molecule has 1 amide bonds. The van der Waals surface area contributed by atoms with Crippen molar-refractivity contribution in [3.8, 4) is 5.75 Å². The van der Waals surface area contributed by atoms with Crippen molar-refractivity contribution in [2.45, 2.75) is 19.0 Å². The second-order valence-electron chi connectivity index (χ2n) is 6.18. The van der Waals surface area contributed by atoms with Crippen LogP contribution < -0.4 is 10.1 Å².